The average Bonchev–Trinajstić information content (AvgIpc) is 2.53. The quantitative estimate of drug-likeness (QED) is 0.586. The molecule has 120 valence electrons. The van der Waals surface area contributed by atoms with Gasteiger partial charge in [-0.2, -0.15) is 8.78 Å². The number of methoxy groups -OCH3 is 1. The molecule has 0 aliphatic carbocycles. The Morgan fingerprint density at radius 3 is 2.39 bits per heavy atom. The van der Waals surface area contributed by atoms with Gasteiger partial charge in [-0.1, -0.05) is 12.1 Å². The van der Waals surface area contributed by atoms with Gasteiger partial charge in [0.15, 0.2) is 17.3 Å². The summed E-state index contributed by atoms with van der Waals surface area (Å²) in [4.78, 5) is 11.9. The average molecular weight is 322 g/mol. The van der Waals surface area contributed by atoms with Gasteiger partial charge in [0.25, 0.3) is 0 Å². The van der Waals surface area contributed by atoms with Crippen LogP contribution in [0.25, 0.3) is 6.08 Å². The number of alkyl halides is 2. The standard InChI is InChI=1S/C17H13F3O3/c1-22-16-10-11(3-9-15(16)23-17(19)20)2-8-14(21)12-4-6-13(18)7-5-12/h2-10,17H,1H3. The number of hydrogen-bond donors (Lipinski definition) is 0. The predicted molar refractivity (Wildman–Crippen MR) is 79.4 cm³/mol. The summed E-state index contributed by atoms with van der Waals surface area (Å²) in [5, 5.41) is 0. The smallest absolute Gasteiger partial charge is 0.387 e. The Hall–Kier alpha value is -2.76. The largest absolute Gasteiger partial charge is 0.493 e. The molecule has 0 aromatic heterocycles. The summed E-state index contributed by atoms with van der Waals surface area (Å²) in [6.07, 6.45) is 2.80. The van der Waals surface area contributed by atoms with Crippen LogP contribution in [0.15, 0.2) is 48.5 Å². The van der Waals surface area contributed by atoms with Crippen LogP contribution in [-0.4, -0.2) is 19.5 Å². The lowest BCUT2D eigenvalue weighted by atomic mass is 10.1. The van der Waals surface area contributed by atoms with Gasteiger partial charge in [-0.15, -0.1) is 0 Å². The number of hydrogen-bond acceptors (Lipinski definition) is 3. The molecule has 0 aliphatic rings. The Morgan fingerprint density at radius 2 is 1.78 bits per heavy atom. The lowest BCUT2D eigenvalue weighted by molar-refractivity contribution is -0.0512. The lowest BCUT2D eigenvalue weighted by Gasteiger charge is -2.10. The van der Waals surface area contributed by atoms with E-state index in [-0.39, 0.29) is 17.3 Å². The fourth-order valence-electron chi connectivity index (χ4n) is 1.86. The number of ether oxygens (including phenoxy) is 2. The summed E-state index contributed by atoms with van der Waals surface area (Å²) >= 11 is 0. The number of carbonyl (C=O) groups is 1. The zero-order valence-corrected chi connectivity index (χ0v) is 12.1. The molecule has 3 nitrogen and oxygen atoms in total. The normalized spacial score (nSPS) is 11.0. The minimum absolute atomic E-state index is 0.0930. The molecule has 0 aliphatic heterocycles. The molecule has 23 heavy (non-hydrogen) atoms. The molecule has 0 atom stereocenters. The monoisotopic (exact) mass is 322 g/mol. The van der Waals surface area contributed by atoms with E-state index in [2.05, 4.69) is 4.74 Å². The topological polar surface area (TPSA) is 35.5 Å². The fraction of sp³-hybridized carbons (Fsp3) is 0.118. The van der Waals surface area contributed by atoms with Crippen LogP contribution in [0.3, 0.4) is 0 Å². The van der Waals surface area contributed by atoms with Crippen LogP contribution in [-0.2, 0) is 0 Å². The van der Waals surface area contributed by atoms with Crippen molar-refractivity contribution < 1.29 is 27.4 Å². The van der Waals surface area contributed by atoms with Crippen LogP contribution in [0.2, 0.25) is 0 Å². The van der Waals surface area contributed by atoms with Gasteiger partial charge in [0.05, 0.1) is 7.11 Å². The molecule has 2 aromatic carbocycles. The van der Waals surface area contributed by atoms with E-state index in [0.29, 0.717) is 11.1 Å². The molecule has 0 saturated carbocycles. The molecule has 0 radical (unpaired) electrons. The number of benzene rings is 2. The zero-order chi connectivity index (χ0) is 16.8. The summed E-state index contributed by atoms with van der Waals surface area (Å²) in [7, 11) is 1.32. The fourth-order valence-corrected chi connectivity index (χ4v) is 1.86. The van der Waals surface area contributed by atoms with Gasteiger partial charge in [-0.05, 0) is 48.0 Å². The Balaban J connectivity index is 2.15. The first-order valence-electron chi connectivity index (χ1n) is 6.60. The van der Waals surface area contributed by atoms with Gasteiger partial charge in [0, 0.05) is 5.56 Å². The third-order valence-corrected chi connectivity index (χ3v) is 2.96. The summed E-state index contributed by atoms with van der Waals surface area (Å²) in [5.41, 5.74) is 0.909. The number of allylic oxidation sites excluding steroid dienone is 1. The van der Waals surface area contributed by atoms with E-state index in [0.717, 1.165) is 0 Å². The van der Waals surface area contributed by atoms with E-state index in [1.807, 2.05) is 0 Å². The van der Waals surface area contributed by atoms with Gasteiger partial charge in [0.2, 0.25) is 0 Å². The van der Waals surface area contributed by atoms with Crippen molar-refractivity contribution >= 4 is 11.9 Å². The first-order valence-corrected chi connectivity index (χ1v) is 6.60. The SMILES string of the molecule is COc1cc(C=CC(=O)c2ccc(F)cc2)ccc1OC(F)F. The Morgan fingerprint density at radius 1 is 1.09 bits per heavy atom. The van der Waals surface area contributed by atoms with Gasteiger partial charge >= 0.3 is 6.61 Å². The number of carbonyl (C=O) groups excluding carboxylic acids is 1. The summed E-state index contributed by atoms with van der Waals surface area (Å²) in [6, 6.07) is 9.44. The number of ketones is 1. The highest BCUT2D eigenvalue weighted by Crippen LogP contribution is 2.29. The number of halogens is 3. The summed E-state index contributed by atoms with van der Waals surface area (Å²) in [5.74, 6) is -0.701. The molecule has 0 heterocycles. The highest BCUT2D eigenvalue weighted by molar-refractivity contribution is 6.06. The van der Waals surface area contributed by atoms with Crippen molar-refractivity contribution in [1.82, 2.24) is 0 Å². The summed E-state index contributed by atoms with van der Waals surface area (Å²) in [6.45, 7) is -2.95. The molecule has 2 aromatic rings. The second-order valence-corrected chi connectivity index (χ2v) is 4.49. The maximum atomic E-state index is 12.8. The first kappa shape index (κ1) is 16.6. The molecule has 0 amide bonds. The second kappa shape index (κ2) is 7.49. The Labute approximate surface area is 131 Å². The molecule has 0 spiro atoms. The number of rotatable bonds is 6. The molecular weight excluding hydrogens is 309 g/mol. The maximum Gasteiger partial charge on any atom is 0.387 e. The maximum absolute atomic E-state index is 12.8. The Kier molecular flexibility index (Phi) is 5.41. The van der Waals surface area contributed by atoms with E-state index in [4.69, 9.17) is 4.74 Å². The molecule has 0 bridgehead atoms. The highest BCUT2D eigenvalue weighted by atomic mass is 19.3. The minimum atomic E-state index is -2.95. The zero-order valence-electron chi connectivity index (χ0n) is 12.1. The van der Waals surface area contributed by atoms with Crippen LogP contribution >= 0.6 is 0 Å². The minimum Gasteiger partial charge on any atom is -0.493 e. The molecule has 2 rings (SSSR count). The van der Waals surface area contributed by atoms with Crippen molar-refractivity contribution in [2.45, 2.75) is 6.61 Å². The van der Waals surface area contributed by atoms with Crippen LogP contribution in [0.5, 0.6) is 11.5 Å². The lowest BCUT2D eigenvalue weighted by Crippen LogP contribution is -2.03. The van der Waals surface area contributed by atoms with E-state index >= 15 is 0 Å². The third-order valence-electron chi connectivity index (χ3n) is 2.96. The van der Waals surface area contributed by atoms with Crippen molar-refractivity contribution in [3.8, 4) is 11.5 Å². The van der Waals surface area contributed by atoms with Gasteiger partial charge < -0.3 is 9.47 Å². The van der Waals surface area contributed by atoms with E-state index in [9.17, 15) is 18.0 Å². The summed E-state index contributed by atoms with van der Waals surface area (Å²) < 4.78 is 46.6. The van der Waals surface area contributed by atoms with Gasteiger partial charge in [-0.25, -0.2) is 4.39 Å². The van der Waals surface area contributed by atoms with Crippen molar-refractivity contribution in [1.29, 1.82) is 0 Å². The molecular formula is C17H13F3O3. The van der Waals surface area contributed by atoms with Crippen LogP contribution in [0.4, 0.5) is 13.2 Å². The van der Waals surface area contributed by atoms with Crippen LogP contribution in [0.1, 0.15) is 15.9 Å². The second-order valence-electron chi connectivity index (χ2n) is 4.49. The van der Waals surface area contributed by atoms with Gasteiger partial charge in [0.1, 0.15) is 5.82 Å². The van der Waals surface area contributed by atoms with Crippen molar-refractivity contribution in [3.05, 3.63) is 65.5 Å². The molecule has 0 saturated heterocycles. The van der Waals surface area contributed by atoms with E-state index < -0.39 is 12.4 Å². The first-order chi connectivity index (χ1) is 11.0. The third kappa shape index (κ3) is 4.60. The van der Waals surface area contributed by atoms with Crippen molar-refractivity contribution in [2.24, 2.45) is 0 Å². The van der Waals surface area contributed by atoms with E-state index in [1.54, 1.807) is 0 Å². The van der Waals surface area contributed by atoms with Crippen LogP contribution < -0.4 is 9.47 Å². The van der Waals surface area contributed by atoms with E-state index in [1.165, 1.54) is 61.7 Å². The van der Waals surface area contributed by atoms with Gasteiger partial charge in [-0.3, -0.25) is 4.79 Å². The molecule has 0 unspecified atom stereocenters. The van der Waals surface area contributed by atoms with Crippen LogP contribution in [0, 0.1) is 5.82 Å². The molecule has 6 heteroatoms. The Bertz CT molecular complexity index is 710. The molecule has 0 fully saturated rings. The van der Waals surface area contributed by atoms with Crippen molar-refractivity contribution in [3.63, 3.8) is 0 Å². The molecule has 0 N–H and O–H groups in total. The van der Waals surface area contributed by atoms with Crippen molar-refractivity contribution in [2.75, 3.05) is 7.11 Å². The predicted octanol–water partition coefficient (Wildman–Crippen LogP) is 4.33. The highest BCUT2D eigenvalue weighted by Gasteiger charge is 2.10.